The maximum atomic E-state index is 6.27. The molecule has 2 aromatic carbocycles. The maximum absolute atomic E-state index is 6.27. The largest absolute Gasteiger partial charge is 0.397 e. The zero-order valence-corrected chi connectivity index (χ0v) is 15.9. The van der Waals surface area contributed by atoms with Gasteiger partial charge in [-0.25, -0.2) is 0 Å². The van der Waals surface area contributed by atoms with Gasteiger partial charge in [0.1, 0.15) is 0 Å². The van der Waals surface area contributed by atoms with E-state index in [0.717, 1.165) is 29.5 Å². The van der Waals surface area contributed by atoms with E-state index < -0.39 is 0 Å². The molecule has 0 spiro atoms. The van der Waals surface area contributed by atoms with E-state index in [1.807, 2.05) is 6.07 Å². The molecule has 0 aliphatic heterocycles. The molecule has 25 heavy (non-hydrogen) atoms. The molecule has 4 heteroatoms. The highest BCUT2D eigenvalue weighted by Gasteiger charge is 2.13. The van der Waals surface area contributed by atoms with Gasteiger partial charge in [-0.05, 0) is 54.6 Å². The van der Waals surface area contributed by atoms with E-state index in [0.29, 0.717) is 0 Å². The Bertz CT molecular complexity index is 653. The van der Waals surface area contributed by atoms with Crippen LogP contribution in [-0.2, 0) is 0 Å². The third-order valence-electron chi connectivity index (χ3n) is 4.98. The van der Waals surface area contributed by atoms with Crippen molar-refractivity contribution >= 4 is 29.0 Å². The monoisotopic (exact) mass is 355 g/mol. The van der Waals surface area contributed by atoms with Crippen LogP contribution >= 0.6 is 11.9 Å². The minimum atomic E-state index is 0.821. The van der Waals surface area contributed by atoms with Crippen molar-refractivity contribution in [2.24, 2.45) is 5.92 Å². The predicted octanol–water partition coefficient (Wildman–Crippen LogP) is 5.79. The van der Waals surface area contributed by atoms with Gasteiger partial charge in [-0.1, -0.05) is 50.3 Å². The van der Waals surface area contributed by atoms with Crippen molar-refractivity contribution < 1.29 is 0 Å². The average Bonchev–Trinajstić information content (AvgIpc) is 2.64. The second-order valence-corrected chi connectivity index (χ2v) is 8.09. The molecular weight excluding hydrogens is 326 g/mol. The Morgan fingerprint density at radius 3 is 2.56 bits per heavy atom. The first-order chi connectivity index (χ1) is 12.2. The molecule has 134 valence electrons. The molecule has 0 atom stereocenters. The third-order valence-corrected chi connectivity index (χ3v) is 5.94. The van der Waals surface area contributed by atoms with Crippen LogP contribution < -0.4 is 15.4 Å². The molecule has 1 fully saturated rings. The molecule has 0 unspecified atom stereocenters. The summed E-state index contributed by atoms with van der Waals surface area (Å²) in [7, 11) is 2.07. The second-order valence-electron chi connectivity index (χ2n) is 6.89. The number of hydrogen-bond donors (Lipinski definition) is 2. The number of hydrogen-bond acceptors (Lipinski definition) is 4. The van der Waals surface area contributed by atoms with Gasteiger partial charge in [0.05, 0.1) is 11.4 Å². The molecule has 1 aliphatic rings. The number of anilines is 3. The lowest BCUT2D eigenvalue weighted by atomic mass is 9.87. The van der Waals surface area contributed by atoms with Gasteiger partial charge >= 0.3 is 0 Å². The molecule has 2 aromatic rings. The summed E-state index contributed by atoms with van der Waals surface area (Å²) in [6, 6.07) is 16.7. The number of nitrogens with one attached hydrogen (secondary N) is 1. The van der Waals surface area contributed by atoms with Crippen LogP contribution in [0.4, 0.5) is 17.1 Å². The Morgan fingerprint density at radius 1 is 1.08 bits per heavy atom. The smallest absolute Gasteiger partial charge is 0.0575 e. The van der Waals surface area contributed by atoms with Crippen molar-refractivity contribution in [3.63, 3.8) is 0 Å². The average molecular weight is 356 g/mol. The lowest BCUT2D eigenvalue weighted by molar-refractivity contribution is 0.345. The van der Waals surface area contributed by atoms with Crippen LogP contribution in [0.5, 0.6) is 0 Å². The zero-order valence-electron chi connectivity index (χ0n) is 15.1. The molecule has 0 aromatic heterocycles. The van der Waals surface area contributed by atoms with Crippen LogP contribution in [-0.4, -0.2) is 13.6 Å². The highest BCUT2D eigenvalue weighted by atomic mass is 32.2. The van der Waals surface area contributed by atoms with E-state index in [9.17, 15) is 0 Å². The Morgan fingerprint density at radius 2 is 1.84 bits per heavy atom. The van der Waals surface area contributed by atoms with Gasteiger partial charge < -0.3 is 15.4 Å². The molecule has 3 N–H and O–H groups in total. The molecule has 1 saturated carbocycles. The summed E-state index contributed by atoms with van der Waals surface area (Å²) in [5, 5.41) is 3.53. The fraction of sp³-hybridized carbons (Fsp3) is 0.429. The van der Waals surface area contributed by atoms with Crippen molar-refractivity contribution in [2.45, 2.75) is 43.4 Å². The van der Waals surface area contributed by atoms with Gasteiger partial charge in [0.2, 0.25) is 0 Å². The predicted molar refractivity (Wildman–Crippen MR) is 111 cm³/mol. The number of rotatable bonds is 7. The Balaban J connectivity index is 1.53. The lowest BCUT2D eigenvalue weighted by Crippen LogP contribution is -2.13. The zero-order chi connectivity index (χ0) is 17.5. The van der Waals surface area contributed by atoms with Crippen LogP contribution in [0, 0.1) is 5.92 Å². The van der Waals surface area contributed by atoms with E-state index in [1.54, 1.807) is 11.9 Å². The van der Waals surface area contributed by atoms with Crippen LogP contribution in [0.2, 0.25) is 0 Å². The van der Waals surface area contributed by atoms with E-state index in [2.05, 4.69) is 59.1 Å². The topological polar surface area (TPSA) is 41.3 Å². The van der Waals surface area contributed by atoms with Gasteiger partial charge in [0.25, 0.3) is 0 Å². The summed E-state index contributed by atoms with van der Waals surface area (Å²) in [6.45, 7) is 1.02. The minimum absolute atomic E-state index is 0.821. The first kappa shape index (κ1) is 18.0. The van der Waals surface area contributed by atoms with Crippen molar-refractivity contribution in [1.29, 1.82) is 0 Å². The second kappa shape index (κ2) is 9.04. The molecule has 0 saturated heterocycles. The summed E-state index contributed by atoms with van der Waals surface area (Å²) in [4.78, 5) is 1.22. The summed E-state index contributed by atoms with van der Waals surface area (Å²) >= 11 is 1.71. The van der Waals surface area contributed by atoms with Gasteiger partial charge in [0, 0.05) is 24.2 Å². The fourth-order valence-electron chi connectivity index (χ4n) is 3.49. The quantitative estimate of drug-likeness (QED) is 0.487. The Kier molecular flexibility index (Phi) is 6.51. The number of nitrogen functional groups attached to an aromatic ring is 1. The van der Waals surface area contributed by atoms with Gasteiger partial charge in [-0.3, -0.25) is 0 Å². The molecule has 3 nitrogen and oxygen atoms in total. The number of nitrogens with zero attached hydrogens (tertiary/aromatic N) is 1. The molecular formula is C21H29N3S. The van der Waals surface area contributed by atoms with Crippen LogP contribution in [0.25, 0.3) is 0 Å². The number of benzene rings is 2. The highest BCUT2D eigenvalue weighted by Crippen LogP contribution is 2.31. The normalized spacial score (nSPS) is 15.1. The molecule has 0 bridgehead atoms. The van der Waals surface area contributed by atoms with Crippen molar-refractivity contribution in [3.8, 4) is 0 Å². The van der Waals surface area contributed by atoms with Crippen LogP contribution in [0.1, 0.15) is 38.5 Å². The molecule has 3 rings (SSSR count). The molecule has 1 aliphatic carbocycles. The highest BCUT2D eigenvalue weighted by molar-refractivity contribution is 8.00. The SMILES string of the molecule is CN(Sc1ccccc1)c1ccc(NCCC2CCCCC2)c(N)c1. The number of nitrogens with two attached hydrogens (primary N) is 1. The fourth-order valence-corrected chi connectivity index (χ4v) is 4.30. The lowest BCUT2D eigenvalue weighted by Gasteiger charge is -2.22. The standard InChI is InChI=1S/C21H29N3S/c1-24(25-19-10-6-3-7-11-19)18-12-13-21(20(22)16-18)23-15-14-17-8-4-2-5-9-17/h3,6-7,10-13,16-17,23H,2,4-5,8-9,14-15,22H2,1H3. The van der Waals surface area contributed by atoms with E-state index in [-0.39, 0.29) is 0 Å². The van der Waals surface area contributed by atoms with Gasteiger partial charge in [-0.2, -0.15) is 0 Å². The summed E-state index contributed by atoms with van der Waals surface area (Å²) < 4.78 is 2.15. The van der Waals surface area contributed by atoms with Crippen molar-refractivity contribution in [2.75, 3.05) is 28.9 Å². The molecule has 0 heterocycles. The first-order valence-corrected chi connectivity index (χ1v) is 10.1. The molecule has 0 radical (unpaired) electrons. The maximum Gasteiger partial charge on any atom is 0.0575 e. The van der Waals surface area contributed by atoms with Crippen molar-refractivity contribution in [1.82, 2.24) is 0 Å². The van der Waals surface area contributed by atoms with E-state index in [4.69, 9.17) is 5.73 Å². The summed E-state index contributed by atoms with van der Waals surface area (Å²) in [5.74, 6) is 0.898. The van der Waals surface area contributed by atoms with E-state index in [1.165, 1.54) is 43.4 Å². The summed E-state index contributed by atoms with van der Waals surface area (Å²) in [6.07, 6.45) is 8.30. The van der Waals surface area contributed by atoms with Crippen molar-refractivity contribution in [3.05, 3.63) is 48.5 Å². The summed E-state index contributed by atoms with van der Waals surface area (Å²) in [5.41, 5.74) is 9.26. The van der Waals surface area contributed by atoms with E-state index >= 15 is 0 Å². The van der Waals surface area contributed by atoms with Gasteiger partial charge in [0.15, 0.2) is 0 Å². The minimum Gasteiger partial charge on any atom is -0.397 e. The van der Waals surface area contributed by atoms with Crippen LogP contribution in [0.3, 0.4) is 0 Å². The van der Waals surface area contributed by atoms with Gasteiger partial charge in [-0.15, -0.1) is 0 Å². The Labute approximate surface area is 156 Å². The molecule has 0 amide bonds. The third kappa shape index (κ3) is 5.33. The first-order valence-electron chi connectivity index (χ1n) is 9.32. The van der Waals surface area contributed by atoms with Crippen LogP contribution in [0.15, 0.2) is 53.4 Å². The Hall–Kier alpha value is -1.81.